The number of pyridine rings is 1. The molecule has 2 aromatic heterocycles. The van der Waals surface area contributed by atoms with Gasteiger partial charge in [0.15, 0.2) is 5.13 Å². The zero-order chi connectivity index (χ0) is 14.8. The van der Waals surface area contributed by atoms with Crippen LogP contribution in [0.25, 0.3) is 10.9 Å². The summed E-state index contributed by atoms with van der Waals surface area (Å²) in [6, 6.07) is 10.5. The maximum atomic E-state index is 5.89. The van der Waals surface area contributed by atoms with Crippen LogP contribution in [0.15, 0.2) is 30.3 Å². The molecule has 0 saturated carbocycles. The summed E-state index contributed by atoms with van der Waals surface area (Å²) in [5, 5.41) is 1.85. The summed E-state index contributed by atoms with van der Waals surface area (Å²) in [7, 11) is 0. The normalized spacial score (nSPS) is 11.1. The smallest absolute Gasteiger partial charge is 0.180 e. The number of nitrogens with zero attached hydrogens (tertiary/aromatic N) is 2. The highest BCUT2D eigenvalue weighted by Gasteiger charge is 2.12. The number of nitrogen functional groups attached to an aromatic ring is 1. The Morgan fingerprint density at radius 1 is 1.14 bits per heavy atom. The standard InChI is InChI=1S/C17H19N3S/c1-3-5-14-15(21-17(18)20-14)10-13-7-4-6-12-9-8-11(2)19-16(12)13/h4,6-9H,3,5,10H2,1-2H3,(H2,18,20). The third kappa shape index (κ3) is 2.90. The van der Waals surface area contributed by atoms with Crippen LogP contribution in [0.1, 0.15) is 35.2 Å². The van der Waals surface area contributed by atoms with Gasteiger partial charge in [0.25, 0.3) is 0 Å². The number of aromatic nitrogens is 2. The van der Waals surface area contributed by atoms with Crippen molar-refractivity contribution < 1.29 is 0 Å². The zero-order valence-electron chi connectivity index (χ0n) is 12.4. The minimum atomic E-state index is 0.665. The average Bonchev–Trinajstić information content (AvgIpc) is 2.80. The highest BCUT2D eigenvalue weighted by atomic mass is 32.1. The van der Waals surface area contributed by atoms with Crippen molar-refractivity contribution in [2.24, 2.45) is 0 Å². The van der Waals surface area contributed by atoms with E-state index in [1.54, 1.807) is 11.3 Å². The van der Waals surface area contributed by atoms with E-state index < -0.39 is 0 Å². The van der Waals surface area contributed by atoms with Gasteiger partial charge in [-0.05, 0) is 25.0 Å². The molecular formula is C17H19N3S. The molecule has 108 valence electrons. The molecule has 2 heterocycles. The third-order valence-electron chi connectivity index (χ3n) is 3.58. The van der Waals surface area contributed by atoms with E-state index in [4.69, 9.17) is 10.7 Å². The molecule has 1 aromatic carbocycles. The molecule has 3 rings (SSSR count). The quantitative estimate of drug-likeness (QED) is 0.788. The van der Waals surface area contributed by atoms with Crippen molar-refractivity contribution in [2.45, 2.75) is 33.1 Å². The number of anilines is 1. The van der Waals surface area contributed by atoms with Crippen LogP contribution in [0.2, 0.25) is 0 Å². The molecule has 0 fully saturated rings. The second-order valence-corrected chi connectivity index (χ2v) is 6.41. The van der Waals surface area contributed by atoms with Gasteiger partial charge >= 0.3 is 0 Å². The fourth-order valence-electron chi connectivity index (χ4n) is 2.60. The maximum absolute atomic E-state index is 5.89. The highest BCUT2D eigenvalue weighted by Crippen LogP contribution is 2.27. The van der Waals surface area contributed by atoms with Gasteiger partial charge in [-0.25, -0.2) is 4.98 Å². The van der Waals surface area contributed by atoms with Crippen molar-refractivity contribution in [1.82, 2.24) is 9.97 Å². The molecule has 3 aromatic rings. The SMILES string of the molecule is CCCc1nc(N)sc1Cc1cccc2ccc(C)nc12. The summed E-state index contributed by atoms with van der Waals surface area (Å²) in [4.78, 5) is 10.4. The summed E-state index contributed by atoms with van der Waals surface area (Å²) < 4.78 is 0. The van der Waals surface area contributed by atoms with Crippen molar-refractivity contribution in [1.29, 1.82) is 0 Å². The van der Waals surface area contributed by atoms with Gasteiger partial charge in [-0.3, -0.25) is 4.98 Å². The van der Waals surface area contributed by atoms with Crippen LogP contribution >= 0.6 is 11.3 Å². The number of benzene rings is 1. The van der Waals surface area contributed by atoms with Gasteiger partial charge in [0.2, 0.25) is 0 Å². The molecule has 21 heavy (non-hydrogen) atoms. The van der Waals surface area contributed by atoms with E-state index in [2.05, 4.69) is 42.2 Å². The lowest BCUT2D eigenvalue weighted by molar-refractivity contribution is 0.880. The monoisotopic (exact) mass is 297 g/mol. The first-order chi connectivity index (χ1) is 10.2. The van der Waals surface area contributed by atoms with Crippen molar-refractivity contribution in [3.8, 4) is 0 Å². The van der Waals surface area contributed by atoms with Gasteiger partial charge in [-0.1, -0.05) is 37.6 Å². The van der Waals surface area contributed by atoms with E-state index in [-0.39, 0.29) is 0 Å². The Balaban J connectivity index is 2.04. The molecule has 0 aliphatic rings. The first kappa shape index (κ1) is 14.0. The van der Waals surface area contributed by atoms with Crippen LogP contribution < -0.4 is 5.73 Å². The number of hydrogen-bond acceptors (Lipinski definition) is 4. The van der Waals surface area contributed by atoms with Gasteiger partial charge in [0, 0.05) is 22.4 Å². The lowest BCUT2D eigenvalue weighted by atomic mass is 10.0. The van der Waals surface area contributed by atoms with E-state index >= 15 is 0 Å². The Morgan fingerprint density at radius 2 is 2.00 bits per heavy atom. The van der Waals surface area contributed by atoms with E-state index in [1.165, 1.54) is 15.8 Å². The molecular weight excluding hydrogens is 278 g/mol. The first-order valence-electron chi connectivity index (χ1n) is 7.26. The van der Waals surface area contributed by atoms with Crippen LogP contribution in [0.4, 0.5) is 5.13 Å². The number of fused-ring (bicyclic) bond motifs is 1. The summed E-state index contributed by atoms with van der Waals surface area (Å²) in [5.41, 5.74) is 10.4. The number of para-hydroxylation sites is 1. The summed E-state index contributed by atoms with van der Waals surface area (Å²) in [5.74, 6) is 0. The Morgan fingerprint density at radius 3 is 2.81 bits per heavy atom. The van der Waals surface area contributed by atoms with Crippen molar-refractivity contribution in [2.75, 3.05) is 5.73 Å². The van der Waals surface area contributed by atoms with Gasteiger partial charge < -0.3 is 5.73 Å². The van der Waals surface area contributed by atoms with Crippen LogP contribution in [0.3, 0.4) is 0 Å². The predicted molar refractivity (Wildman–Crippen MR) is 89.8 cm³/mol. The molecule has 0 saturated heterocycles. The van der Waals surface area contributed by atoms with Crippen LogP contribution in [-0.4, -0.2) is 9.97 Å². The minimum Gasteiger partial charge on any atom is -0.375 e. The van der Waals surface area contributed by atoms with E-state index in [0.717, 1.165) is 36.2 Å². The molecule has 0 atom stereocenters. The number of aryl methyl sites for hydroxylation is 2. The van der Waals surface area contributed by atoms with Crippen LogP contribution in [0.5, 0.6) is 0 Å². The van der Waals surface area contributed by atoms with E-state index in [0.29, 0.717) is 5.13 Å². The second kappa shape index (κ2) is 5.82. The lowest BCUT2D eigenvalue weighted by Gasteiger charge is -2.06. The maximum Gasteiger partial charge on any atom is 0.180 e. The second-order valence-electron chi connectivity index (χ2n) is 5.29. The molecule has 0 radical (unpaired) electrons. The van der Waals surface area contributed by atoms with Crippen molar-refractivity contribution >= 4 is 27.4 Å². The van der Waals surface area contributed by atoms with E-state index in [1.807, 2.05) is 6.92 Å². The molecule has 0 amide bonds. The molecule has 0 aliphatic carbocycles. The Bertz CT molecular complexity index is 777. The Hall–Kier alpha value is -1.94. The van der Waals surface area contributed by atoms with Gasteiger partial charge in [0.1, 0.15) is 0 Å². The van der Waals surface area contributed by atoms with Crippen LogP contribution in [0, 0.1) is 6.92 Å². The first-order valence-corrected chi connectivity index (χ1v) is 8.08. The van der Waals surface area contributed by atoms with E-state index in [9.17, 15) is 0 Å². The van der Waals surface area contributed by atoms with Gasteiger partial charge in [0.05, 0.1) is 11.2 Å². The molecule has 3 nitrogen and oxygen atoms in total. The van der Waals surface area contributed by atoms with Crippen LogP contribution in [-0.2, 0) is 12.8 Å². The number of nitrogens with two attached hydrogens (primary N) is 1. The lowest BCUT2D eigenvalue weighted by Crippen LogP contribution is -1.95. The Labute approximate surface area is 128 Å². The zero-order valence-corrected chi connectivity index (χ0v) is 13.2. The highest BCUT2D eigenvalue weighted by molar-refractivity contribution is 7.15. The van der Waals surface area contributed by atoms with Crippen molar-refractivity contribution in [3.63, 3.8) is 0 Å². The fourth-order valence-corrected chi connectivity index (χ4v) is 3.50. The molecule has 0 bridgehead atoms. The minimum absolute atomic E-state index is 0.665. The summed E-state index contributed by atoms with van der Waals surface area (Å²) >= 11 is 1.60. The third-order valence-corrected chi connectivity index (χ3v) is 4.50. The molecule has 0 spiro atoms. The molecule has 2 N–H and O–H groups in total. The fraction of sp³-hybridized carbons (Fsp3) is 0.294. The summed E-state index contributed by atoms with van der Waals surface area (Å²) in [6.07, 6.45) is 2.93. The molecule has 0 unspecified atom stereocenters. The Kier molecular flexibility index (Phi) is 3.88. The average molecular weight is 297 g/mol. The number of hydrogen-bond donors (Lipinski definition) is 1. The molecule has 0 aliphatic heterocycles. The van der Waals surface area contributed by atoms with Crippen molar-refractivity contribution in [3.05, 3.63) is 52.2 Å². The van der Waals surface area contributed by atoms with Gasteiger partial charge in [-0.15, -0.1) is 11.3 Å². The summed E-state index contributed by atoms with van der Waals surface area (Å²) in [6.45, 7) is 4.20. The largest absolute Gasteiger partial charge is 0.375 e. The number of rotatable bonds is 4. The predicted octanol–water partition coefficient (Wildman–Crippen LogP) is 4.13. The van der Waals surface area contributed by atoms with Gasteiger partial charge in [-0.2, -0.15) is 0 Å². The molecule has 4 heteroatoms. The topological polar surface area (TPSA) is 51.8 Å². The number of thiazole rings is 1.